The van der Waals surface area contributed by atoms with Crippen LogP contribution in [0.3, 0.4) is 0 Å². The van der Waals surface area contributed by atoms with Crippen LogP contribution in [-0.4, -0.2) is 62.7 Å². The number of hydrogen-bond donors (Lipinski definition) is 2. The number of likely N-dealkylation sites (N-methyl/N-ethyl adjacent to an activating group) is 1. The summed E-state index contributed by atoms with van der Waals surface area (Å²) in [7, 11) is 3.85. The van der Waals surface area contributed by atoms with Crippen LogP contribution in [0.25, 0.3) is 5.52 Å². The molecule has 5 rings (SSSR count). The van der Waals surface area contributed by atoms with Gasteiger partial charge in [0.2, 0.25) is 0 Å². The van der Waals surface area contributed by atoms with E-state index in [4.69, 9.17) is 0 Å². The lowest BCUT2D eigenvalue weighted by atomic mass is 9.94. The summed E-state index contributed by atoms with van der Waals surface area (Å²) in [5, 5.41) is 10.4. The van der Waals surface area contributed by atoms with E-state index in [1.165, 1.54) is 36.6 Å². The minimum absolute atomic E-state index is 0.000225. The number of carbonyl (C=O) groups excluding carboxylic acids is 1. The minimum atomic E-state index is -4.47. The Kier molecular flexibility index (Phi) is 8.66. The number of alkyl halides is 3. The van der Waals surface area contributed by atoms with E-state index in [2.05, 4.69) is 39.5 Å². The first-order valence-corrected chi connectivity index (χ1v) is 14.6. The van der Waals surface area contributed by atoms with Crippen LogP contribution >= 0.6 is 11.8 Å². The molecule has 1 amide bonds. The Morgan fingerprint density at radius 2 is 2.05 bits per heavy atom. The number of nitrogens with zero attached hydrogens (tertiary/aromatic N) is 4. The number of thioether (sulfide) groups is 1. The Morgan fingerprint density at radius 1 is 1.27 bits per heavy atom. The maximum Gasteiger partial charge on any atom is 0.447 e. The van der Waals surface area contributed by atoms with E-state index in [-0.39, 0.29) is 40.8 Å². The standard InChI is InChI=1S/C29H35F3N6OS/c1-36-19-24(36)12-11-23(15-20-7-3-4-8-20)35-25-10-6-14-38-26(25)16-21(28(38)40-29(30,31)32)9-5-13-33-27(39)22-17-34-37(2)18-22/h6,10,14,16-18,20,23-24,35H,3-4,7-8,11-13,15,19H2,1-2H3,(H,33,39)/t23-,24-,36?/m1/s1. The van der Waals surface area contributed by atoms with Gasteiger partial charge in [-0.1, -0.05) is 37.5 Å². The van der Waals surface area contributed by atoms with Gasteiger partial charge < -0.3 is 19.9 Å². The molecule has 0 bridgehead atoms. The number of hydrogen-bond acceptors (Lipinski definition) is 5. The molecule has 3 atom stereocenters. The van der Waals surface area contributed by atoms with Crippen molar-refractivity contribution in [3.8, 4) is 11.8 Å². The Morgan fingerprint density at radius 3 is 2.73 bits per heavy atom. The lowest BCUT2D eigenvalue weighted by Gasteiger charge is -2.24. The van der Waals surface area contributed by atoms with Crippen molar-refractivity contribution in [2.24, 2.45) is 13.0 Å². The predicted octanol–water partition coefficient (Wildman–Crippen LogP) is 5.52. The molecular formula is C29H35F3N6OS. The quantitative estimate of drug-likeness (QED) is 0.190. The van der Waals surface area contributed by atoms with Crippen LogP contribution < -0.4 is 10.6 Å². The topological polar surface area (TPSA) is 66.4 Å². The zero-order valence-corrected chi connectivity index (χ0v) is 23.6. The van der Waals surface area contributed by atoms with Gasteiger partial charge in [0.1, 0.15) is 5.03 Å². The summed E-state index contributed by atoms with van der Waals surface area (Å²) < 4.78 is 43.8. The first kappa shape index (κ1) is 28.4. The average Bonchev–Trinajstić information content (AvgIpc) is 3.29. The fourth-order valence-corrected chi connectivity index (χ4v) is 6.31. The number of amides is 1. The SMILES string of the molecule is CN1C[C@H]1CC[C@H](CC1CCCC1)Nc1cccn2c(SC(F)(F)F)c(C#CCNC(=O)c3cnn(C)c3)cc12. The van der Waals surface area contributed by atoms with Gasteiger partial charge in [0.15, 0.2) is 0 Å². The summed E-state index contributed by atoms with van der Waals surface area (Å²) in [6.45, 7) is 1.13. The molecule has 2 aliphatic rings. The predicted molar refractivity (Wildman–Crippen MR) is 151 cm³/mol. The van der Waals surface area contributed by atoms with Gasteiger partial charge >= 0.3 is 5.51 Å². The largest absolute Gasteiger partial charge is 0.447 e. The van der Waals surface area contributed by atoms with Gasteiger partial charge in [-0.25, -0.2) is 0 Å². The third kappa shape index (κ3) is 7.34. The van der Waals surface area contributed by atoms with Crippen molar-refractivity contribution in [2.45, 2.75) is 67.6 Å². The molecule has 4 heterocycles. The molecule has 0 aromatic carbocycles. The summed E-state index contributed by atoms with van der Waals surface area (Å²) in [5.74, 6) is 6.04. The van der Waals surface area contributed by atoms with E-state index in [0.29, 0.717) is 23.0 Å². The van der Waals surface area contributed by atoms with Gasteiger partial charge in [0.05, 0.1) is 35.1 Å². The van der Waals surface area contributed by atoms with Crippen LogP contribution in [0.1, 0.15) is 60.9 Å². The highest BCUT2D eigenvalue weighted by Crippen LogP contribution is 2.41. The number of aromatic nitrogens is 3. The molecule has 11 heteroatoms. The fourth-order valence-electron chi connectivity index (χ4n) is 5.61. The molecule has 3 aromatic heterocycles. The highest BCUT2D eigenvalue weighted by molar-refractivity contribution is 8.00. The van der Waals surface area contributed by atoms with Crippen LogP contribution in [-0.2, 0) is 7.05 Å². The first-order valence-electron chi connectivity index (χ1n) is 13.8. The molecule has 1 saturated heterocycles. The number of halogens is 3. The number of pyridine rings is 1. The molecule has 2 fully saturated rings. The minimum Gasteiger partial charge on any atom is -0.381 e. The molecule has 1 unspecified atom stereocenters. The third-order valence-corrected chi connectivity index (χ3v) is 8.63. The van der Waals surface area contributed by atoms with Crippen molar-refractivity contribution < 1.29 is 18.0 Å². The molecule has 1 saturated carbocycles. The molecule has 0 spiro atoms. The third-order valence-electron chi connectivity index (χ3n) is 7.79. The van der Waals surface area contributed by atoms with E-state index in [1.807, 2.05) is 6.07 Å². The maximum absolute atomic E-state index is 13.6. The van der Waals surface area contributed by atoms with Crippen molar-refractivity contribution in [1.82, 2.24) is 24.4 Å². The average molecular weight is 573 g/mol. The Labute approximate surface area is 236 Å². The molecule has 7 nitrogen and oxygen atoms in total. The van der Waals surface area contributed by atoms with E-state index in [9.17, 15) is 18.0 Å². The number of rotatable bonds is 10. The van der Waals surface area contributed by atoms with E-state index in [1.54, 1.807) is 36.0 Å². The van der Waals surface area contributed by atoms with Gasteiger partial charge in [-0.3, -0.25) is 9.48 Å². The van der Waals surface area contributed by atoms with Crippen molar-refractivity contribution in [1.29, 1.82) is 0 Å². The summed E-state index contributed by atoms with van der Waals surface area (Å²) in [6, 6.07) is 6.32. The van der Waals surface area contributed by atoms with Crippen LogP contribution in [0.5, 0.6) is 0 Å². The number of fused-ring (bicyclic) bond motifs is 1. The smallest absolute Gasteiger partial charge is 0.381 e. The van der Waals surface area contributed by atoms with Gasteiger partial charge in [-0.15, -0.1) is 0 Å². The lowest BCUT2D eigenvalue weighted by molar-refractivity contribution is -0.0329. The van der Waals surface area contributed by atoms with Crippen LogP contribution in [0.2, 0.25) is 0 Å². The number of nitrogens with one attached hydrogen (secondary N) is 2. The lowest BCUT2D eigenvalue weighted by Crippen LogP contribution is -2.23. The molecule has 40 heavy (non-hydrogen) atoms. The number of aryl methyl sites for hydroxylation is 1. The summed E-state index contributed by atoms with van der Waals surface area (Å²) in [6.07, 6.45) is 12.9. The van der Waals surface area contributed by atoms with Crippen molar-refractivity contribution in [2.75, 3.05) is 25.5 Å². The molecular weight excluding hydrogens is 537 g/mol. The van der Waals surface area contributed by atoms with E-state index in [0.717, 1.165) is 31.5 Å². The van der Waals surface area contributed by atoms with Crippen LogP contribution in [0.4, 0.5) is 18.9 Å². The normalized spacial score (nSPS) is 19.8. The zero-order chi connectivity index (χ0) is 28.3. The van der Waals surface area contributed by atoms with E-state index >= 15 is 0 Å². The Hall–Kier alpha value is -3.10. The van der Waals surface area contributed by atoms with Gasteiger partial charge in [-0.05, 0) is 50.4 Å². The molecule has 214 valence electrons. The highest BCUT2D eigenvalue weighted by Gasteiger charge is 2.33. The van der Waals surface area contributed by atoms with E-state index < -0.39 is 5.51 Å². The Bertz CT molecular complexity index is 1400. The van der Waals surface area contributed by atoms with Crippen LogP contribution in [0, 0.1) is 17.8 Å². The first-order chi connectivity index (χ1) is 19.2. The molecule has 1 aliphatic carbocycles. The molecule has 2 N–H and O–H groups in total. The van der Waals surface area contributed by atoms with Crippen LogP contribution in [0.15, 0.2) is 41.8 Å². The maximum atomic E-state index is 13.6. The summed E-state index contributed by atoms with van der Waals surface area (Å²) >= 11 is -0.167. The highest BCUT2D eigenvalue weighted by atomic mass is 32.2. The Balaban J connectivity index is 1.37. The summed E-state index contributed by atoms with van der Waals surface area (Å²) in [4.78, 5) is 14.6. The second kappa shape index (κ2) is 12.2. The van der Waals surface area contributed by atoms with Crippen molar-refractivity contribution >= 4 is 28.9 Å². The zero-order valence-electron chi connectivity index (χ0n) is 22.8. The second-order valence-electron chi connectivity index (χ2n) is 10.9. The van der Waals surface area contributed by atoms with Gasteiger partial charge in [-0.2, -0.15) is 18.3 Å². The second-order valence-corrected chi connectivity index (χ2v) is 11.9. The van der Waals surface area contributed by atoms with Gasteiger partial charge in [0.25, 0.3) is 5.91 Å². The van der Waals surface area contributed by atoms with Gasteiger partial charge in [0, 0.05) is 49.8 Å². The molecule has 1 aliphatic heterocycles. The van der Waals surface area contributed by atoms with Crippen molar-refractivity contribution in [3.63, 3.8) is 0 Å². The summed E-state index contributed by atoms with van der Waals surface area (Å²) in [5.41, 5.74) is -2.32. The molecule has 0 radical (unpaired) electrons. The number of anilines is 1. The molecule has 3 aromatic rings. The number of carbonyl (C=O) groups is 1. The fraction of sp³-hybridized carbons (Fsp3) is 0.517. The van der Waals surface area contributed by atoms with Crippen molar-refractivity contribution in [3.05, 3.63) is 47.9 Å². The monoisotopic (exact) mass is 572 g/mol.